The molecule has 0 radical (unpaired) electrons. The summed E-state index contributed by atoms with van der Waals surface area (Å²) in [7, 11) is 4.06. The summed E-state index contributed by atoms with van der Waals surface area (Å²) in [6.45, 7) is 1.63. The zero-order chi connectivity index (χ0) is 17.4. The molecule has 0 aliphatic heterocycles. The van der Waals surface area contributed by atoms with Crippen LogP contribution in [0.3, 0.4) is 0 Å². The topological polar surface area (TPSA) is 61.8 Å². The fourth-order valence-corrected chi connectivity index (χ4v) is 2.20. The van der Waals surface area contributed by atoms with E-state index in [9.17, 15) is 9.90 Å². The Hall–Kier alpha value is -2.37. The molecule has 128 valence electrons. The van der Waals surface area contributed by atoms with Crippen molar-refractivity contribution in [3.8, 4) is 5.75 Å². The van der Waals surface area contributed by atoms with Gasteiger partial charge in [0.15, 0.2) is 6.10 Å². The van der Waals surface area contributed by atoms with Crippen molar-refractivity contribution in [2.75, 3.05) is 32.6 Å². The van der Waals surface area contributed by atoms with Gasteiger partial charge >= 0.3 is 0 Å². The largest absolute Gasteiger partial charge is 0.494 e. The van der Waals surface area contributed by atoms with Gasteiger partial charge in [0.2, 0.25) is 0 Å². The van der Waals surface area contributed by atoms with Crippen LogP contribution in [0.4, 0.5) is 5.69 Å². The molecule has 0 fully saturated rings. The molecule has 1 unspecified atom stereocenters. The van der Waals surface area contributed by atoms with E-state index in [1.807, 2.05) is 20.2 Å². The molecule has 0 aliphatic rings. The molecule has 1 atom stereocenters. The fraction of sp³-hybridized carbons (Fsp3) is 0.316. The van der Waals surface area contributed by atoms with E-state index in [1.165, 1.54) is 0 Å². The lowest BCUT2D eigenvalue weighted by Crippen LogP contribution is -2.20. The average Bonchev–Trinajstić information content (AvgIpc) is 2.60. The molecule has 1 amide bonds. The molecule has 2 aromatic carbocycles. The molecular formula is C19H24N2O3. The standard InChI is InChI=1S/C19H24N2O3/c1-21(2)13-6-14-24-17-11-9-16(10-12-17)20-19(23)18(22)15-7-4-3-5-8-15/h3-5,7-12,18,22H,6,13-14H2,1-2H3,(H,20,23). The number of rotatable bonds is 8. The summed E-state index contributed by atoms with van der Waals surface area (Å²) in [5, 5.41) is 12.8. The number of nitrogens with zero attached hydrogens (tertiary/aromatic N) is 1. The maximum absolute atomic E-state index is 12.1. The average molecular weight is 328 g/mol. The van der Waals surface area contributed by atoms with Crippen LogP contribution in [0.5, 0.6) is 5.75 Å². The Balaban J connectivity index is 1.84. The number of benzene rings is 2. The third kappa shape index (κ3) is 5.68. The maximum Gasteiger partial charge on any atom is 0.257 e. The highest BCUT2D eigenvalue weighted by Crippen LogP contribution is 2.19. The molecule has 24 heavy (non-hydrogen) atoms. The monoisotopic (exact) mass is 328 g/mol. The summed E-state index contributed by atoms with van der Waals surface area (Å²) >= 11 is 0. The fourth-order valence-electron chi connectivity index (χ4n) is 2.20. The number of ether oxygens (including phenoxy) is 1. The Morgan fingerprint density at radius 2 is 1.79 bits per heavy atom. The van der Waals surface area contributed by atoms with Crippen molar-refractivity contribution in [1.82, 2.24) is 4.90 Å². The second-order valence-corrected chi connectivity index (χ2v) is 5.83. The van der Waals surface area contributed by atoms with Crippen LogP contribution in [-0.2, 0) is 4.79 Å². The molecule has 0 heterocycles. The van der Waals surface area contributed by atoms with Crippen molar-refractivity contribution in [1.29, 1.82) is 0 Å². The summed E-state index contributed by atoms with van der Waals surface area (Å²) in [4.78, 5) is 14.2. The first-order valence-corrected chi connectivity index (χ1v) is 7.98. The van der Waals surface area contributed by atoms with Gasteiger partial charge in [0.25, 0.3) is 5.91 Å². The number of nitrogens with one attached hydrogen (secondary N) is 1. The first-order valence-electron chi connectivity index (χ1n) is 7.98. The summed E-state index contributed by atoms with van der Waals surface area (Å²) < 4.78 is 5.64. The Bertz CT molecular complexity index is 627. The van der Waals surface area contributed by atoms with Crippen molar-refractivity contribution in [3.63, 3.8) is 0 Å². The summed E-state index contributed by atoms with van der Waals surface area (Å²) in [6.07, 6.45) is -0.234. The number of amides is 1. The van der Waals surface area contributed by atoms with Gasteiger partial charge in [-0.05, 0) is 50.3 Å². The Morgan fingerprint density at radius 3 is 2.42 bits per heavy atom. The minimum absolute atomic E-state index is 0.458. The van der Waals surface area contributed by atoms with Crippen LogP contribution in [-0.4, -0.2) is 43.2 Å². The summed E-state index contributed by atoms with van der Waals surface area (Å²) in [5.41, 5.74) is 1.19. The molecule has 0 aliphatic carbocycles. The maximum atomic E-state index is 12.1. The zero-order valence-corrected chi connectivity index (χ0v) is 14.1. The van der Waals surface area contributed by atoms with Gasteiger partial charge < -0.3 is 20.1 Å². The summed E-state index contributed by atoms with van der Waals surface area (Å²) in [5.74, 6) is 0.302. The minimum atomic E-state index is -1.19. The van der Waals surface area contributed by atoms with E-state index < -0.39 is 12.0 Å². The molecule has 5 heteroatoms. The van der Waals surface area contributed by atoms with Crippen LogP contribution >= 0.6 is 0 Å². The summed E-state index contributed by atoms with van der Waals surface area (Å²) in [6, 6.07) is 16.0. The molecule has 5 nitrogen and oxygen atoms in total. The molecule has 0 saturated heterocycles. The van der Waals surface area contributed by atoms with Gasteiger partial charge in [0.05, 0.1) is 6.61 Å². The highest BCUT2D eigenvalue weighted by Gasteiger charge is 2.16. The lowest BCUT2D eigenvalue weighted by atomic mass is 10.1. The van der Waals surface area contributed by atoms with Crippen LogP contribution in [0, 0.1) is 0 Å². The number of hydrogen-bond donors (Lipinski definition) is 2. The van der Waals surface area contributed by atoms with E-state index in [4.69, 9.17) is 4.74 Å². The van der Waals surface area contributed by atoms with Crippen molar-refractivity contribution in [3.05, 3.63) is 60.2 Å². The van der Waals surface area contributed by atoms with E-state index in [-0.39, 0.29) is 0 Å². The number of aliphatic hydroxyl groups is 1. The van der Waals surface area contributed by atoms with E-state index in [1.54, 1.807) is 48.5 Å². The van der Waals surface area contributed by atoms with Gasteiger partial charge in [-0.3, -0.25) is 4.79 Å². The number of carbonyl (C=O) groups excluding carboxylic acids is 1. The highest BCUT2D eigenvalue weighted by molar-refractivity contribution is 5.94. The van der Waals surface area contributed by atoms with Gasteiger partial charge in [0, 0.05) is 12.2 Å². The third-order valence-corrected chi connectivity index (χ3v) is 3.50. The number of hydrogen-bond acceptors (Lipinski definition) is 4. The van der Waals surface area contributed by atoms with Crippen LogP contribution < -0.4 is 10.1 Å². The lowest BCUT2D eigenvalue weighted by Gasteiger charge is -2.13. The molecular weight excluding hydrogens is 304 g/mol. The minimum Gasteiger partial charge on any atom is -0.494 e. The van der Waals surface area contributed by atoms with E-state index >= 15 is 0 Å². The predicted molar refractivity (Wildman–Crippen MR) is 95.1 cm³/mol. The SMILES string of the molecule is CN(C)CCCOc1ccc(NC(=O)C(O)c2ccccc2)cc1. The molecule has 2 aromatic rings. The molecule has 0 bridgehead atoms. The Labute approximate surface area is 142 Å². The molecule has 0 aromatic heterocycles. The smallest absolute Gasteiger partial charge is 0.257 e. The molecule has 2 rings (SSSR count). The van der Waals surface area contributed by atoms with Crippen LogP contribution in [0.15, 0.2) is 54.6 Å². The first kappa shape index (κ1) is 18.0. The van der Waals surface area contributed by atoms with Crippen LogP contribution in [0.1, 0.15) is 18.1 Å². The Morgan fingerprint density at radius 1 is 1.12 bits per heavy atom. The van der Waals surface area contributed by atoms with Gasteiger partial charge in [0.1, 0.15) is 5.75 Å². The quantitative estimate of drug-likeness (QED) is 0.732. The number of anilines is 1. The van der Waals surface area contributed by atoms with E-state index in [0.717, 1.165) is 18.7 Å². The van der Waals surface area contributed by atoms with Crippen molar-refractivity contribution in [2.45, 2.75) is 12.5 Å². The predicted octanol–water partition coefficient (Wildman–Crippen LogP) is 2.69. The first-order chi connectivity index (χ1) is 11.6. The van der Waals surface area contributed by atoms with Crippen molar-refractivity contribution < 1.29 is 14.6 Å². The van der Waals surface area contributed by atoms with Crippen molar-refractivity contribution in [2.24, 2.45) is 0 Å². The van der Waals surface area contributed by atoms with Crippen molar-refractivity contribution >= 4 is 11.6 Å². The molecule has 0 spiro atoms. The second kappa shape index (κ2) is 9.05. The normalized spacial score (nSPS) is 12.0. The number of carbonyl (C=O) groups is 1. The van der Waals surface area contributed by atoms with Crippen LogP contribution in [0.25, 0.3) is 0 Å². The molecule has 2 N–H and O–H groups in total. The molecule has 0 saturated carbocycles. The van der Waals surface area contributed by atoms with Gasteiger partial charge in [-0.15, -0.1) is 0 Å². The van der Waals surface area contributed by atoms with Gasteiger partial charge in [-0.1, -0.05) is 30.3 Å². The van der Waals surface area contributed by atoms with Gasteiger partial charge in [-0.2, -0.15) is 0 Å². The third-order valence-electron chi connectivity index (χ3n) is 3.50. The van der Waals surface area contributed by atoms with E-state index in [0.29, 0.717) is 17.9 Å². The highest BCUT2D eigenvalue weighted by atomic mass is 16.5. The Kier molecular flexibility index (Phi) is 6.78. The lowest BCUT2D eigenvalue weighted by molar-refractivity contribution is -0.124. The zero-order valence-electron chi connectivity index (χ0n) is 14.1. The van der Waals surface area contributed by atoms with Crippen LogP contribution in [0.2, 0.25) is 0 Å². The van der Waals surface area contributed by atoms with E-state index in [2.05, 4.69) is 10.2 Å². The van der Waals surface area contributed by atoms with Gasteiger partial charge in [-0.25, -0.2) is 0 Å². The second-order valence-electron chi connectivity index (χ2n) is 5.83. The number of aliphatic hydroxyl groups excluding tert-OH is 1.